The van der Waals surface area contributed by atoms with Crippen molar-refractivity contribution in [3.63, 3.8) is 0 Å². The van der Waals surface area contributed by atoms with Crippen molar-refractivity contribution in [3.8, 4) is 5.75 Å². The Morgan fingerprint density at radius 1 is 1.25 bits per heavy atom. The summed E-state index contributed by atoms with van der Waals surface area (Å²) in [7, 11) is 0. The highest BCUT2D eigenvalue weighted by molar-refractivity contribution is 9.10. The lowest BCUT2D eigenvalue weighted by Gasteiger charge is -2.11. The molecule has 0 aliphatic heterocycles. The zero-order valence-electron chi connectivity index (χ0n) is 8.60. The fraction of sp³-hybridized carbons (Fsp3) is 0.167. The maximum absolute atomic E-state index is 5.90. The molecule has 0 saturated heterocycles. The molecule has 0 bridgehead atoms. The highest BCUT2D eigenvalue weighted by Gasteiger charge is 2.10. The van der Waals surface area contributed by atoms with Gasteiger partial charge in [0, 0.05) is 0 Å². The normalized spacial score (nSPS) is 12.4. The van der Waals surface area contributed by atoms with E-state index in [4.69, 9.17) is 14.9 Å². The third-order valence-electron chi connectivity index (χ3n) is 2.16. The van der Waals surface area contributed by atoms with Crippen molar-refractivity contribution in [1.82, 2.24) is 0 Å². The van der Waals surface area contributed by atoms with E-state index < -0.39 is 0 Å². The molecule has 0 saturated carbocycles. The SMILES string of the molecule is NC(COc1ccccc1Br)c1ccco1. The lowest BCUT2D eigenvalue weighted by molar-refractivity contribution is 0.271. The first kappa shape index (κ1) is 11.2. The Kier molecular flexibility index (Phi) is 3.64. The average molecular weight is 282 g/mol. The number of halogens is 1. The fourth-order valence-corrected chi connectivity index (χ4v) is 1.72. The van der Waals surface area contributed by atoms with E-state index in [0.717, 1.165) is 16.0 Å². The molecular formula is C12H12BrNO2. The summed E-state index contributed by atoms with van der Waals surface area (Å²) < 4.78 is 11.7. The highest BCUT2D eigenvalue weighted by atomic mass is 79.9. The van der Waals surface area contributed by atoms with Crippen LogP contribution in [0.3, 0.4) is 0 Å². The number of hydrogen-bond acceptors (Lipinski definition) is 3. The molecule has 0 radical (unpaired) electrons. The van der Waals surface area contributed by atoms with Crippen LogP contribution in [0.15, 0.2) is 51.6 Å². The van der Waals surface area contributed by atoms with Crippen LogP contribution in [-0.2, 0) is 0 Å². The van der Waals surface area contributed by atoms with Gasteiger partial charge in [-0.25, -0.2) is 0 Å². The van der Waals surface area contributed by atoms with Crippen molar-refractivity contribution in [3.05, 3.63) is 52.9 Å². The van der Waals surface area contributed by atoms with Gasteiger partial charge in [0.2, 0.25) is 0 Å². The van der Waals surface area contributed by atoms with Crippen molar-refractivity contribution < 1.29 is 9.15 Å². The Balaban J connectivity index is 1.95. The van der Waals surface area contributed by atoms with Crippen LogP contribution in [-0.4, -0.2) is 6.61 Å². The first-order valence-electron chi connectivity index (χ1n) is 4.93. The summed E-state index contributed by atoms with van der Waals surface area (Å²) in [5.74, 6) is 1.51. The predicted molar refractivity (Wildman–Crippen MR) is 65.3 cm³/mol. The topological polar surface area (TPSA) is 48.4 Å². The second-order valence-corrected chi connectivity index (χ2v) is 4.22. The van der Waals surface area contributed by atoms with Gasteiger partial charge in [-0.2, -0.15) is 0 Å². The number of ether oxygens (including phenoxy) is 1. The number of nitrogens with two attached hydrogens (primary N) is 1. The van der Waals surface area contributed by atoms with Crippen LogP contribution >= 0.6 is 15.9 Å². The van der Waals surface area contributed by atoms with Crippen LogP contribution in [0.2, 0.25) is 0 Å². The Hall–Kier alpha value is -1.26. The maximum atomic E-state index is 5.90. The first-order chi connectivity index (χ1) is 7.77. The molecule has 2 rings (SSSR count). The van der Waals surface area contributed by atoms with Gasteiger partial charge in [-0.3, -0.25) is 0 Å². The quantitative estimate of drug-likeness (QED) is 0.937. The highest BCUT2D eigenvalue weighted by Crippen LogP contribution is 2.24. The molecule has 0 spiro atoms. The fourth-order valence-electron chi connectivity index (χ4n) is 1.33. The Morgan fingerprint density at radius 2 is 2.06 bits per heavy atom. The summed E-state index contributed by atoms with van der Waals surface area (Å²) in [5.41, 5.74) is 5.90. The van der Waals surface area contributed by atoms with Gasteiger partial charge < -0.3 is 14.9 Å². The minimum Gasteiger partial charge on any atom is -0.490 e. The van der Waals surface area contributed by atoms with Gasteiger partial charge in [-0.15, -0.1) is 0 Å². The van der Waals surface area contributed by atoms with Crippen molar-refractivity contribution in [2.45, 2.75) is 6.04 Å². The number of hydrogen-bond donors (Lipinski definition) is 1. The standard InChI is InChI=1S/C12H12BrNO2/c13-9-4-1-2-5-11(9)16-8-10(14)12-6-3-7-15-12/h1-7,10H,8,14H2. The second-order valence-electron chi connectivity index (χ2n) is 3.36. The summed E-state index contributed by atoms with van der Waals surface area (Å²) in [6.45, 7) is 0.385. The Labute approximate surface area is 102 Å². The molecule has 2 aromatic rings. The summed E-state index contributed by atoms with van der Waals surface area (Å²) in [4.78, 5) is 0. The van der Waals surface area contributed by atoms with Crippen LogP contribution in [0.1, 0.15) is 11.8 Å². The molecule has 1 aromatic heterocycles. The van der Waals surface area contributed by atoms with Crippen molar-refractivity contribution in [2.75, 3.05) is 6.61 Å². The Morgan fingerprint density at radius 3 is 2.75 bits per heavy atom. The van der Waals surface area contributed by atoms with Crippen LogP contribution in [0.25, 0.3) is 0 Å². The third-order valence-corrected chi connectivity index (χ3v) is 2.82. The van der Waals surface area contributed by atoms with E-state index in [-0.39, 0.29) is 6.04 Å². The largest absolute Gasteiger partial charge is 0.490 e. The molecule has 1 unspecified atom stereocenters. The molecule has 0 aliphatic rings. The van der Waals surface area contributed by atoms with Crippen molar-refractivity contribution in [2.24, 2.45) is 5.73 Å². The minimum atomic E-state index is -0.248. The van der Waals surface area contributed by atoms with E-state index in [2.05, 4.69) is 15.9 Å². The molecule has 2 N–H and O–H groups in total. The van der Waals surface area contributed by atoms with E-state index in [9.17, 15) is 0 Å². The van der Waals surface area contributed by atoms with E-state index in [1.165, 1.54) is 0 Å². The number of benzene rings is 1. The maximum Gasteiger partial charge on any atom is 0.133 e. The number of rotatable bonds is 4. The molecule has 16 heavy (non-hydrogen) atoms. The van der Waals surface area contributed by atoms with Crippen LogP contribution in [0, 0.1) is 0 Å². The van der Waals surface area contributed by atoms with Crippen LogP contribution in [0.5, 0.6) is 5.75 Å². The molecule has 4 heteroatoms. The molecule has 1 aromatic carbocycles. The monoisotopic (exact) mass is 281 g/mol. The van der Waals surface area contributed by atoms with Crippen molar-refractivity contribution in [1.29, 1.82) is 0 Å². The molecule has 3 nitrogen and oxygen atoms in total. The summed E-state index contributed by atoms with van der Waals surface area (Å²) in [6.07, 6.45) is 1.60. The predicted octanol–water partition coefficient (Wildman–Crippen LogP) is 3.12. The van der Waals surface area contributed by atoms with Gasteiger partial charge in [-0.1, -0.05) is 12.1 Å². The molecule has 1 heterocycles. The second kappa shape index (κ2) is 5.18. The summed E-state index contributed by atoms with van der Waals surface area (Å²) in [6, 6.07) is 11.1. The number of para-hydroxylation sites is 1. The lowest BCUT2D eigenvalue weighted by Crippen LogP contribution is -2.18. The zero-order chi connectivity index (χ0) is 11.4. The molecule has 0 fully saturated rings. The summed E-state index contributed by atoms with van der Waals surface area (Å²) in [5, 5.41) is 0. The minimum absolute atomic E-state index is 0.248. The zero-order valence-corrected chi connectivity index (χ0v) is 10.2. The number of furan rings is 1. The van der Waals surface area contributed by atoms with Gasteiger partial charge in [0.1, 0.15) is 18.1 Å². The van der Waals surface area contributed by atoms with E-state index >= 15 is 0 Å². The smallest absolute Gasteiger partial charge is 0.133 e. The van der Waals surface area contributed by atoms with E-state index in [1.807, 2.05) is 36.4 Å². The van der Waals surface area contributed by atoms with Crippen LogP contribution < -0.4 is 10.5 Å². The molecule has 0 aliphatic carbocycles. The molecule has 0 amide bonds. The van der Waals surface area contributed by atoms with E-state index in [1.54, 1.807) is 6.26 Å². The van der Waals surface area contributed by atoms with Gasteiger partial charge in [0.05, 0.1) is 16.8 Å². The van der Waals surface area contributed by atoms with E-state index in [0.29, 0.717) is 6.61 Å². The van der Waals surface area contributed by atoms with Gasteiger partial charge in [0.25, 0.3) is 0 Å². The van der Waals surface area contributed by atoms with Gasteiger partial charge in [-0.05, 0) is 40.2 Å². The molecule has 1 atom stereocenters. The molecule has 84 valence electrons. The van der Waals surface area contributed by atoms with Gasteiger partial charge in [0.15, 0.2) is 0 Å². The summed E-state index contributed by atoms with van der Waals surface area (Å²) >= 11 is 3.41. The van der Waals surface area contributed by atoms with Gasteiger partial charge >= 0.3 is 0 Å². The Bertz CT molecular complexity index is 442. The lowest BCUT2D eigenvalue weighted by atomic mass is 10.2. The molecular weight excluding hydrogens is 270 g/mol. The average Bonchev–Trinajstić information content (AvgIpc) is 2.81. The first-order valence-corrected chi connectivity index (χ1v) is 5.73. The van der Waals surface area contributed by atoms with Crippen LogP contribution in [0.4, 0.5) is 0 Å². The third kappa shape index (κ3) is 2.65. The van der Waals surface area contributed by atoms with Crippen molar-refractivity contribution >= 4 is 15.9 Å².